The van der Waals surface area contributed by atoms with Crippen LogP contribution in [0, 0.1) is 23.7 Å². The molecule has 1 nitrogen and oxygen atoms in total. The van der Waals surface area contributed by atoms with Gasteiger partial charge in [0.1, 0.15) is 0 Å². The maximum absolute atomic E-state index is 12.0. The van der Waals surface area contributed by atoms with Crippen molar-refractivity contribution in [2.75, 3.05) is 0 Å². The van der Waals surface area contributed by atoms with Crippen LogP contribution in [0.5, 0.6) is 0 Å². The molecule has 3 aliphatic rings. The lowest BCUT2D eigenvalue weighted by Gasteiger charge is -1.98. The molecule has 124 valence electrons. The third kappa shape index (κ3) is 5.52. The third-order valence-electron chi connectivity index (χ3n) is 3.88. The summed E-state index contributed by atoms with van der Waals surface area (Å²) in [4.78, 5) is 12.0. The molecule has 0 radical (unpaired) electrons. The van der Waals surface area contributed by atoms with Crippen molar-refractivity contribution in [1.29, 1.82) is 0 Å². The molecule has 0 aromatic heterocycles. The summed E-state index contributed by atoms with van der Waals surface area (Å²) in [7, 11) is 0. The van der Waals surface area contributed by atoms with E-state index >= 15 is 0 Å². The molecule has 0 spiro atoms. The van der Waals surface area contributed by atoms with Crippen molar-refractivity contribution < 1.29 is 4.79 Å². The van der Waals surface area contributed by atoms with E-state index in [1.165, 1.54) is 0 Å². The van der Waals surface area contributed by atoms with Gasteiger partial charge in [-0.05, 0) is 35.1 Å². The van der Waals surface area contributed by atoms with Gasteiger partial charge in [-0.25, -0.2) is 0 Å². The van der Waals surface area contributed by atoms with Crippen molar-refractivity contribution in [3.63, 3.8) is 0 Å². The van der Waals surface area contributed by atoms with E-state index in [0.29, 0.717) is 6.42 Å². The van der Waals surface area contributed by atoms with Crippen LogP contribution in [0.4, 0.5) is 0 Å². The van der Waals surface area contributed by atoms with E-state index in [-0.39, 0.29) is 5.78 Å². The molecule has 0 N–H and O–H groups in total. The first-order valence-electron chi connectivity index (χ1n) is 8.51. The molecule has 3 aliphatic carbocycles. The van der Waals surface area contributed by atoms with Crippen LogP contribution in [-0.2, 0) is 4.79 Å². The maximum Gasteiger partial charge on any atom is 0.178 e. The zero-order valence-electron chi connectivity index (χ0n) is 14.4. The van der Waals surface area contributed by atoms with E-state index in [9.17, 15) is 4.79 Å². The van der Waals surface area contributed by atoms with Gasteiger partial charge < -0.3 is 0 Å². The van der Waals surface area contributed by atoms with Crippen LogP contribution in [0.25, 0.3) is 0 Å². The number of carbonyl (C=O) groups is 1. The van der Waals surface area contributed by atoms with Gasteiger partial charge in [0.25, 0.3) is 0 Å². The summed E-state index contributed by atoms with van der Waals surface area (Å²) >= 11 is 0. The largest absolute Gasteiger partial charge is 0.290 e. The summed E-state index contributed by atoms with van der Waals surface area (Å²) in [6.45, 7) is 0. The smallest absolute Gasteiger partial charge is 0.178 e. The van der Waals surface area contributed by atoms with Gasteiger partial charge >= 0.3 is 0 Å². The molecule has 0 aromatic carbocycles. The Morgan fingerprint density at radius 2 is 1.12 bits per heavy atom. The predicted octanol–water partition coefficient (Wildman–Crippen LogP) is 4.87. The Morgan fingerprint density at radius 3 is 1.77 bits per heavy atom. The number of fused-ring (bicyclic) bond motifs is 4. The highest BCUT2D eigenvalue weighted by molar-refractivity contribution is 5.99. The highest BCUT2D eigenvalue weighted by Crippen LogP contribution is 2.17. The minimum Gasteiger partial charge on any atom is -0.290 e. The normalized spacial score (nSPS) is 22.4. The van der Waals surface area contributed by atoms with Gasteiger partial charge in [0.2, 0.25) is 0 Å². The Kier molecular flexibility index (Phi) is 6.03. The van der Waals surface area contributed by atoms with Gasteiger partial charge in [-0.2, -0.15) is 0 Å². The SMILES string of the molecule is O=C1/C=C\C=C/C2=CC=CC=C(C#CC#CC3=CC=CC=C(/C=C\1)C3)C2. The zero-order valence-corrected chi connectivity index (χ0v) is 14.4. The standard InChI is InChI=1S/C25H18O/c26-25-16-8-7-14-22-11-2-1-9-21(19-22)10-3-4-12-23-13-5-6-15-24(20-23)17-18-25/h1-2,5-9,11,13-18H,19-20H2/b14-7-,16-8-,18-17-. The van der Waals surface area contributed by atoms with Gasteiger partial charge in [-0.3, -0.25) is 4.79 Å². The molecule has 26 heavy (non-hydrogen) atoms. The average Bonchev–Trinajstić information content (AvgIpc) is 3.00. The highest BCUT2D eigenvalue weighted by atomic mass is 16.1. The molecule has 0 saturated carbocycles. The first-order chi connectivity index (χ1) is 12.8. The van der Waals surface area contributed by atoms with Crippen LogP contribution in [0.1, 0.15) is 12.8 Å². The van der Waals surface area contributed by atoms with Gasteiger partial charge in [0.15, 0.2) is 5.78 Å². The molecule has 0 aliphatic heterocycles. The molecule has 0 unspecified atom stereocenters. The molecular weight excluding hydrogens is 316 g/mol. The van der Waals surface area contributed by atoms with E-state index in [2.05, 4.69) is 23.7 Å². The van der Waals surface area contributed by atoms with Crippen molar-refractivity contribution >= 4 is 5.78 Å². The lowest BCUT2D eigenvalue weighted by Crippen LogP contribution is -1.87. The second-order valence-electron chi connectivity index (χ2n) is 5.94. The minimum atomic E-state index is -0.0385. The fraction of sp³-hybridized carbons (Fsp3) is 0.0800. The molecule has 0 atom stereocenters. The number of ketones is 1. The van der Waals surface area contributed by atoms with E-state index in [4.69, 9.17) is 0 Å². The van der Waals surface area contributed by atoms with E-state index in [1.54, 1.807) is 18.2 Å². The molecule has 0 saturated heterocycles. The van der Waals surface area contributed by atoms with E-state index in [1.807, 2.05) is 66.8 Å². The molecule has 0 aromatic rings. The van der Waals surface area contributed by atoms with Crippen LogP contribution in [-0.4, -0.2) is 5.78 Å². The van der Waals surface area contributed by atoms with Crippen LogP contribution in [0.2, 0.25) is 0 Å². The van der Waals surface area contributed by atoms with Crippen molar-refractivity contribution in [2.45, 2.75) is 12.8 Å². The van der Waals surface area contributed by atoms with Crippen molar-refractivity contribution in [1.82, 2.24) is 0 Å². The Bertz CT molecular complexity index is 988. The van der Waals surface area contributed by atoms with E-state index in [0.717, 1.165) is 28.7 Å². The van der Waals surface area contributed by atoms with Crippen LogP contribution >= 0.6 is 0 Å². The molecule has 0 heterocycles. The van der Waals surface area contributed by atoms with Gasteiger partial charge in [0, 0.05) is 24.0 Å². The molecule has 0 amide bonds. The Balaban J connectivity index is 1.95. The summed E-state index contributed by atoms with van der Waals surface area (Å²) in [6, 6.07) is 0. The Hall–Kier alpha value is -3.55. The van der Waals surface area contributed by atoms with Gasteiger partial charge in [-0.1, -0.05) is 84.8 Å². The van der Waals surface area contributed by atoms with Crippen molar-refractivity contribution in [3.05, 3.63) is 107 Å². The maximum atomic E-state index is 12.0. The van der Waals surface area contributed by atoms with Crippen molar-refractivity contribution in [3.8, 4) is 23.7 Å². The van der Waals surface area contributed by atoms with E-state index < -0.39 is 0 Å². The lowest BCUT2D eigenvalue weighted by molar-refractivity contribution is -0.110. The first-order valence-corrected chi connectivity index (χ1v) is 8.51. The number of carbonyl (C=O) groups excluding carboxylic acids is 1. The second-order valence-corrected chi connectivity index (χ2v) is 5.94. The number of hydrogen-bond donors (Lipinski definition) is 0. The molecule has 1 heteroatoms. The monoisotopic (exact) mass is 334 g/mol. The zero-order chi connectivity index (χ0) is 18.0. The predicted molar refractivity (Wildman–Crippen MR) is 108 cm³/mol. The lowest BCUT2D eigenvalue weighted by atomic mass is 10.1. The topological polar surface area (TPSA) is 17.1 Å². The quantitative estimate of drug-likeness (QED) is 0.578. The molecule has 3 rings (SSSR count). The summed E-state index contributed by atoms with van der Waals surface area (Å²) < 4.78 is 0. The second kappa shape index (κ2) is 9.07. The number of rotatable bonds is 0. The summed E-state index contributed by atoms with van der Waals surface area (Å²) in [6.07, 6.45) is 28.0. The third-order valence-corrected chi connectivity index (χ3v) is 3.88. The number of allylic oxidation sites excluding steroid dienone is 18. The van der Waals surface area contributed by atoms with Crippen molar-refractivity contribution in [2.24, 2.45) is 0 Å². The number of hydrogen-bond acceptors (Lipinski definition) is 1. The molecule has 0 fully saturated rings. The molecular formula is C25H18O. The van der Waals surface area contributed by atoms with Gasteiger partial charge in [-0.15, -0.1) is 0 Å². The summed E-state index contributed by atoms with van der Waals surface area (Å²) in [5.41, 5.74) is 4.17. The average molecular weight is 334 g/mol. The fourth-order valence-corrected chi connectivity index (χ4v) is 2.58. The Morgan fingerprint density at radius 1 is 0.577 bits per heavy atom. The van der Waals surface area contributed by atoms with Crippen LogP contribution in [0.15, 0.2) is 107 Å². The fourth-order valence-electron chi connectivity index (χ4n) is 2.58. The van der Waals surface area contributed by atoms with Crippen LogP contribution < -0.4 is 0 Å². The van der Waals surface area contributed by atoms with Crippen LogP contribution in [0.3, 0.4) is 0 Å². The first kappa shape index (κ1) is 17.3. The summed E-state index contributed by atoms with van der Waals surface area (Å²) in [5, 5.41) is 0. The minimum absolute atomic E-state index is 0.0385. The molecule has 4 bridgehead atoms. The summed E-state index contributed by atoms with van der Waals surface area (Å²) in [5.74, 6) is 12.1. The Labute approximate surface area is 154 Å². The van der Waals surface area contributed by atoms with Gasteiger partial charge in [0.05, 0.1) is 0 Å². The highest BCUT2D eigenvalue weighted by Gasteiger charge is 2.01.